The first-order valence-electron chi connectivity index (χ1n) is 5.13. The maximum Gasteiger partial charge on any atom is 0.141 e. The molecule has 2 rings (SSSR count). The third-order valence-electron chi connectivity index (χ3n) is 2.45. The van der Waals surface area contributed by atoms with Crippen LogP contribution < -0.4 is 5.32 Å². The second-order valence-electron chi connectivity index (χ2n) is 3.77. The Morgan fingerprint density at radius 2 is 1.94 bits per heavy atom. The molecule has 1 aromatic carbocycles. The average Bonchev–Trinajstić information content (AvgIpc) is 2.63. The average molecular weight is 325 g/mol. The molecule has 1 aromatic heterocycles. The van der Waals surface area contributed by atoms with Gasteiger partial charge in [-0.25, -0.2) is 4.39 Å². The van der Waals surface area contributed by atoms with Gasteiger partial charge in [-0.2, -0.15) is 0 Å². The Bertz CT molecular complexity index is 570. The lowest BCUT2D eigenvalue weighted by Crippen LogP contribution is -2.06. The van der Waals surface area contributed by atoms with Crippen molar-refractivity contribution in [3.8, 4) is 0 Å². The summed E-state index contributed by atoms with van der Waals surface area (Å²) in [6, 6.07) is 6.26. The highest BCUT2D eigenvalue weighted by Gasteiger charge is 2.13. The van der Waals surface area contributed by atoms with Crippen LogP contribution in [-0.2, 0) is 0 Å². The number of thiophene rings is 1. The lowest BCUT2D eigenvalue weighted by atomic mass is 10.1. The van der Waals surface area contributed by atoms with E-state index in [1.54, 1.807) is 6.07 Å². The Morgan fingerprint density at radius 1 is 1.22 bits per heavy atom. The lowest BCUT2D eigenvalue weighted by Gasteiger charge is -2.15. The molecule has 0 spiro atoms. The molecule has 96 valence electrons. The molecule has 1 nitrogen and oxygen atoms in total. The van der Waals surface area contributed by atoms with E-state index in [4.69, 9.17) is 34.8 Å². The molecule has 0 aliphatic heterocycles. The van der Waals surface area contributed by atoms with Gasteiger partial charge in [-0.1, -0.05) is 34.8 Å². The van der Waals surface area contributed by atoms with Crippen molar-refractivity contribution >= 4 is 51.8 Å². The fraction of sp³-hybridized carbons (Fsp3) is 0.167. The summed E-state index contributed by atoms with van der Waals surface area (Å²) in [6.07, 6.45) is 0. The molecule has 0 saturated heterocycles. The van der Waals surface area contributed by atoms with Crippen molar-refractivity contribution in [2.24, 2.45) is 0 Å². The minimum Gasteiger partial charge on any atom is -0.378 e. The van der Waals surface area contributed by atoms with Crippen molar-refractivity contribution in [3.63, 3.8) is 0 Å². The van der Waals surface area contributed by atoms with Crippen LogP contribution in [0.4, 0.5) is 10.1 Å². The quantitative estimate of drug-likeness (QED) is 0.728. The first kappa shape index (κ1) is 13.9. The highest BCUT2D eigenvalue weighted by Crippen LogP contribution is 2.36. The second-order valence-corrected chi connectivity index (χ2v) is 6.47. The van der Waals surface area contributed by atoms with Crippen LogP contribution in [0, 0.1) is 5.82 Å². The molecule has 0 amide bonds. The number of benzene rings is 1. The van der Waals surface area contributed by atoms with E-state index in [0.717, 1.165) is 11.3 Å². The molecule has 0 fully saturated rings. The van der Waals surface area contributed by atoms with Crippen LogP contribution in [0.25, 0.3) is 0 Å². The maximum absolute atomic E-state index is 13.0. The van der Waals surface area contributed by atoms with Gasteiger partial charge in [0.2, 0.25) is 0 Å². The Balaban J connectivity index is 2.18. The number of anilines is 1. The number of halogens is 4. The van der Waals surface area contributed by atoms with Gasteiger partial charge in [0.1, 0.15) is 5.82 Å². The van der Waals surface area contributed by atoms with Crippen molar-refractivity contribution in [1.29, 1.82) is 0 Å². The fourth-order valence-corrected chi connectivity index (χ4v) is 3.39. The number of hydrogen-bond donors (Lipinski definition) is 1. The summed E-state index contributed by atoms with van der Waals surface area (Å²) in [6.45, 7) is 1.95. The van der Waals surface area contributed by atoms with E-state index in [1.165, 1.54) is 23.5 Å². The summed E-state index contributed by atoms with van der Waals surface area (Å²) in [7, 11) is 0. The van der Waals surface area contributed by atoms with Crippen LogP contribution >= 0.6 is 46.1 Å². The van der Waals surface area contributed by atoms with E-state index in [9.17, 15) is 4.39 Å². The zero-order valence-corrected chi connectivity index (χ0v) is 12.4. The summed E-state index contributed by atoms with van der Waals surface area (Å²) >= 11 is 19.0. The van der Waals surface area contributed by atoms with Crippen LogP contribution in [0.3, 0.4) is 0 Å². The Labute approximate surface area is 123 Å². The molecular formula is C12H9Cl3FNS. The molecule has 0 aliphatic rings. The molecule has 0 radical (unpaired) electrons. The predicted octanol–water partition coefficient (Wildman–Crippen LogP) is 6.02. The van der Waals surface area contributed by atoms with E-state index in [2.05, 4.69) is 5.32 Å². The summed E-state index contributed by atoms with van der Waals surface area (Å²) in [5.41, 5.74) is 1.64. The zero-order chi connectivity index (χ0) is 13.3. The monoisotopic (exact) mass is 323 g/mol. The number of rotatable bonds is 3. The van der Waals surface area contributed by atoms with Gasteiger partial charge in [0.15, 0.2) is 0 Å². The van der Waals surface area contributed by atoms with E-state index in [-0.39, 0.29) is 11.1 Å². The third-order valence-corrected chi connectivity index (χ3v) is 4.26. The normalized spacial score (nSPS) is 12.5. The first-order valence-corrected chi connectivity index (χ1v) is 7.08. The minimum absolute atomic E-state index is 0.0391. The molecule has 1 heterocycles. The van der Waals surface area contributed by atoms with E-state index >= 15 is 0 Å². The van der Waals surface area contributed by atoms with Crippen LogP contribution in [0.15, 0.2) is 24.3 Å². The molecule has 1 N–H and O–H groups in total. The lowest BCUT2D eigenvalue weighted by molar-refractivity contribution is 0.628. The van der Waals surface area contributed by atoms with E-state index < -0.39 is 5.82 Å². The topological polar surface area (TPSA) is 12.0 Å². The molecular weight excluding hydrogens is 316 g/mol. The zero-order valence-electron chi connectivity index (χ0n) is 9.31. The van der Waals surface area contributed by atoms with Crippen molar-refractivity contribution in [3.05, 3.63) is 49.3 Å². The van der Waals surface area contributed by atoms with Crippen LogP contribution in [0.1, 0.15) is 18.5 Å². The van der Waals surface area contributed by atoms with Crippen LogP contribution in [0.5, 0.6) is 0 Å². The van der Waals surface area contributed by atoms with Gasteiger partial charge in [0.05, 0.1) is 19.7 Å². The molecule has 2 aromatic rings. The Morgan fingerprint density at radius 3 is 2.50 bits per heavy atom. The summed E-state index contributed by atoms with van der Waals surface area (Å²) in [5.74, 6) is -0.438. The van der Waals surface area contributed by atoms with Gasteiger partial charge in [-0.3, -0.25) is 0 Å². The van der Waals surface area contributed by atoms with Gasteiger partial charge >= 0.3 is 0 Å². The number of nitrogens with one attached hydrogen (secondary N) is 1. The molecule has 0 saturated carbocycles. The van der Waals surface area contributed by atoms with Gasteiger partial charge in [-0.05, 0) is 31.2 Å². The summed E-state index contributed by atoms with van der Waals surface area (Å²) in [5, 5.41) is 3.28. The maximum atomic E-state index is 13.0. The van der Waals surface area contributed by atoms with E-state index in [1.807, 2.05) is 13.0 Å². The SMILES string of the molecule is CC(Nc1ccc(F)c(Cl)c1)c1cc(Cl)sc1Cl. The third kappa shape index (κ3) is 3.09. The molecule has 1 atom stereocenters. The predicted molar refractivity (Wildman–Crippen MR) is 77.8 cm³/mol. The van der Waals surface area contributed by atoms with Gasteiger partial charge in [0.25, 0.3) is 0 Å². The molecule has 0 aliphatic carbocycles. The largest absolute Gasteiger partial charge is 0.378 e. The molecule has 18 heavy (non-hydrogen) atoms. The standard InChI is InChI=1S/C12H9Cl3FNS/c1-6(8-5-11(14)18-12(8)15)17-7-2-3-10(16)9(13)4-7/h2-6,17H,1H3. The van der Waals surface area contributed by atoms with Crippen molar-refractivity contribution < 1.29 is 4.39 Å². The van der Waals surface area contributed by atoms with Crippen molar-refractivity contribution in [2.75, 3.05) is 5.32 Å². The van der Waals surface area contributed by atoms with Gasteiger partial charge < -0.3 is 5.32 Å². The van der Waals surface area contributed by atoms with Crippen molar-refractivity contribution in [2.45, 2.75) is 13.0 Å². The van der Waals surface area contributed by atoms with Crippen molar-refractivity contribution in [1.82, 2.24) is 0 Å². The molecule has 6 heteroatoms. The van der Waals surface area contributed by atoms with Crippen LogP contribution in [-0.4, -0.2) is 0 Å². The first-order chi connectivity index (χ1) is 8.47. The summed E-state index contributed by atoms with van der Waals surface area (Å²) in [4.78, 5) is 0. The van der Waals surface area contributed by atoms with Gasteiger partial charge in [-0.15, -0.1) is 11.3 Å². The van der Waals surface area contributed by atoms with Crippen LogP contribution in [0.2, 0.25) is 13.7 Å². The minimum atomic E-state index is -0.438. The van der Waals surface area contributed by atoms with E-state index in [0.29, 0.717) is 8.67 Å². The van der Waals surface area contributed by atoms with Gasteiger partial charge in [0, 0.05) is 11.3 Å². The Kier molecular flexibility index (Phi) is 4.38. The second kappa shape index (κ2) is 5.66. The molecule has 1 unspecified atom stereocenters. The highest BCUT2D eigenvalue weighted by molar-refractivity contribution is 7.20. The fourth-order valence-electron chi connectivity index (χ4n) is 1.56. The summed E-state index contributed by atoms with van der Waals surface area (Å²) < 4.78 is 14.3. The molecule has 0 bridgehead atoms. The highest BCUT2D eigenvalue weighted by atomic mass is 35.5. The number of hydrogen-bond acceptors (Lipinski definition) is 2. The Hall–Kier alpha value is -0.480. The smallest absolute Gasteiger partial charge is 0.141 e.